The average Bonchev–Trinajstić information content (AvgIpc) is 2.64. The van der Waals surface area contributed by atoms with E-state index in [0.29, 0.717) is 12.5 Å². The topological polar surface area (TPSA) is 29.5 Å². The number of alkyl halides is 1. The zero-order valence-electron chi connectivity index (χ0n) is 10.4. The van der Waals surface area contributed by atoms with Gasteiger partial charge in [0.1, 0.15) is 0 Å². The molecule has 0 N–H and O–H groups in total. The Morgan fingerprint density at radius 3 is 2.69 bits per heavy atom. The van der Waals surface area contributed by atoms with E-state index in [9.17, 15) is 4.79 Å². The van der Waals surface area contributed by atoms with Crippen molar-refractivity contribution in [1.29, 1.82) is 0 Å². The van der Waals surface area contributed by atoms with Crippen molar-refractivity contribution in [2.75, 3.05) is 19.0 Å². The molecule has 0 saturated carbocycles. The summed E-state index contributed by atoms with van der Waals surface area (Å²) >= 11 is 5.68. The van der Waals surface area contributed by atoms with Gasteiger partial charge in [-0.1, -0.05) is 0 Å². The van der Waals surface area contributed by atoms with Crippen LogP contribution in [0.1, 0.15) is 33.6 Å². The summed E-state index contributed by atoms with van der Waals surface area (Å²) in [5.41, 5.74) is 0. The van der Waals surface area contributed by atoms with E-state index < -0.39 is 0 Å². The summed E-state index contributed by atoms with van der Waals surface area (Å²) in [6.45, 7) is 7.44. The van der Waals surface area contributed by atoms with Gasteiger partial charge in [0.25, 0.3) is 0 Å². The fraction of sp³-hybridized carbons (Fsp3) is 0.917. The molecule has 0 aromatic carbocycles. The van der Waals surface area contributed by atoms with Crippen LogP contribution in [0, 0.1) is 5.92 Å². The Labute approximate surface area is 103 Å². The van der Waals surface area contributed by atoms with E-state index in [1.165, 1.54) is 0 Å². The fourth-order valence-electron chi connectivity index (χ4n) is 2.08. The van der Waals surface area contributed by atoms with Crippen molar-refractivity contribution < 1.29 is 9.53 Å². The highest BCUT2D eigenvalue weighted by Crippen LogP contribution is 2.22. The summed E-state index contributed by atoms with van der Waals surface area (Å²) in [6, 6.07) is 0.242. The molecule has 1 amide bonds. The molecule has 1 saturated heterocycles. The monoisotopic (exact) mass is 247 g/mol. The molecule has 2 unspecified atom stereocenters. The Morgan fingerprint density at radius 2 is 2.25 bits per heavy atom. The first kappa shape index (κ1) is 13.8. The highest BCUT2D eigenvalue weighted by molar-refractivity contribution is 6.17. The van der Waals surface area contributed by atoms with Gasteiger partial charge in [0.2, 0.25) is 5.91 Å². The van der Waals surface area contributed by atoms with Crippen molar-refractivity contribution in [3.63, 3.8) is 0 Å². The maximum atomic E-state index is 12.2. The molecule has 0 aromatic heterocycles. The van der Waals surface area contributed by atoms with Gasteiger partial charge < -0.3 is 9.64 Å². The minimum atomic E-state index is 0.0488. The summed E-state index contributed by atoms with van der Waals surface area (Å²) in [7, 11) is 0. The SMILES string of the molecule is CC1CC(C(=O)N(CCCCl)C(C)C)CO1. The van der Waals surface area contributed by atoms with Gasteiger partial charge in [0.05, 0.1) is 18.6 Å². The molecule has 1 aliphatic rings. The molecule has 1 heterocycles. The molecule has 1 fully saturated rings. The van der Waals surface area contributed by atoms with E-state index in [1.54, 1.807) is 0 Å². The Morgan fingerprint density at radius 1 is 1.56 bits per heavy atom. The van der Waals surface area contributed by atoms with Gasteiger partial charge in [-0.3, -0.25) is 4.79 Å². The van der Waals surface area contributed by atoms with Crippen LogP contribution >= 0.6 is 11.6 Å². The van der Waals surface area contributed by atoms with Crippen LogP contribution in [0.3, 0.4) is 0 Å². The van der Waals surface area contributed by atoms with Crippen LogP contribution in [-0.2, 0) is 9.53 Å². The number of carbonyl (C=O) groups excluding carboxylic acids is 1. The molecule has 1 aliphatic heterocycles. The molecule has 4 heteroatoms. The second-order valence-corrected chi connectivity index (χ2v) is 5.12. The van der Waals surface area contributed by atoms with Gasteiger partial charge in [-0.25, -0.2) is 0 Å². The predicted octanol–water partition coefficient (Wildman–Crippen LogP) is 2.28. The second-order valence-electron chi connectivity index (χ2n) is 4.74. The van der Waals surface area contributed by atoms with Gasteiger partial charge >= 0.3 is 0 Å². The molecule has 3 nitrogen and oxygen atoms in total. The number of amides is 1. The van der Waals surface area contributed by atoms with Gasteiger partial charge in [-0.15, -0.1) is 11.6 Å². The highest BCUT2D eigenvalue weighted by atomic mass is 35.5. The van der Waals surface area contributed by atoms with Crippen LogP contribution in [-0.4, -0.2) is 42.0 Å². The Bertz CT molecular complexity index is 233. The quantitative estimate of drug-likeness (QED) is 0.698. The minimum absolute atomic E-state index is 0.0488. The number of carbonyl (C=O) groups is 1. The number of ether oxygens (including phenoxy) is 1. The molecular weight excluding hydrogens is 226 g/mol. The molecule has 0 radical (unpaired) electrons. The molecule has 0 aliphatic carbocycles. The van der Waals surface area contributed by atoms with Crippen LogP contribution in [0.25, 0.3) is 0 Å². The van der Waals surface area contributed by atoms with Crippen LogP contribution in [0.15, 0.2) is 0 Å². The van der Waals surface area contributed by atoms with Gasteiger partial charge in [0, 0.05) is 18.5 Å². The van der Waals surface area contributed by atoms with E-state index in [0.717, 1.165) is 19.4 Å². The number of nitrogens with zero attached hydrogens (tertiary/aromatic N) is 1. The zero-order valence-corrected chi connectivity index (χ0v) is 11.2. The fourth-order valence-corrected chi connectivity index (χ4v) is 2.20. The number of hydrogen-bond donors (Lipinski definition) is 0. The average molecular weight is 248 g/mol. The summed E-state index contributed by atoms with van der Waals surface area (Å²) in [5.74, 6) is 0.880. The van der Waals surface area contributed by atoms with Gasteiger partial charge in [-0.05, 0) is 33.6 Å². The third kappa shape index (κ3) is 3.63. The van der Waals surface area contributed by atoms with E-state index in [1.807, 2.05) is 25.7 Å². The first-order chi connectivity index (χ1) is 7.56. The maximum Gasteiger partial charge on any atom is 0.228 e. The Hall–Kier alpha value is -0.280. The van der Waals surface area contributed by atoms with Crippen LogP contribution in [0.5, 0.6) is 0 Å². The molecule has 0 spiro atoms. The molecule has 94 valence electrons. The third-order valence-corrected chi connectivity index (χ3v) is 3.25. The second kappa shape index (κ2) is 6.45. The summed E-state index contributed by atoms with van der Waals surface area (Å²) in [4.78, 5) is 14.2. The number of hydrogen-bond acceptors (Lipinski definition) is 2. The molecule has 2 atom stereocenters. The van der Waals surface area contributed by atoms with Gasteiger partial charge in [-0.2, -0.15) is 0 Å². The van der Waals surface area contributed by atoms with Crippen molar-refractivity contribution in [1.82, 2.24) is 4.90 Å². The molecule has 0 aromatic rings. The van der Waals surface area contributed by atoms with Crippen molar-refractivity contribution in [2.45, 2.75) is 45.8 Å². The van der Waals surface area contributed by atoms with Crippen molar-refractivity contribution in [2.24, 2.45) is 5.92 Å². The van der Waals surface area contributed by atoms with Crippen molar-refractivity contribution >= 4 is 17.5 Å². The summed E-state index contributed by atoms with van der Waals surface area (Å²) in [5, 5.41) is 0. The first-order valence-corrected chi connectivity index (χ1v) is 6.57. The molecule has 0 bridgehead atoms. The normalized spacial score (nSPS) is 25.1. The lowest BCUT2D eigenvalue weighted by atomic mass is 10.0. The Balaban J connectivity index is 2.53. The van der Waals surface area contributed by atoms with Crippen LogP contribution < -0.4 is 0 Å². The van der Waals surface area contributed by atoms with Crippen LogP contribution in [0.2, 0.25) is 0 Å². The standard InChI is InChI=1S/C12H22ClNO2/c1-9(2)14(6-4-5-13)12(15)11-7-10(3)16-8-11/h9-11H,4-8H2,1-3H3. The zero-order chi connectivity index (χ0) is 12.1. The largest absolute Gasteiger partial charge is 0.378 e. The predicted molar refractivity (Wildman–Crippen MR) is 65.7 cm³/mol. The van der Waals surface area contributed by atoms with E-state index in [2.05, 4.69) is 0 Å². The van der Waals surface area contributed by atoms with Crippen LogP contribution in [0.4, 0.5) is 0 Å². The first-order valence-electron chi connectivity index (χ1n) is 6.04. The van der Waals surface area contributed by atoms with Crippen molar-refractivity contribution in [3.05, 3.63) is 0 Å². The Kier molecular flexibility index (Phi) is 5.56. The van der Waals surface area contributed by atoms with Gasteiger partial charge in [0.15, 0.2) is 0 Å². The summed E-state index contributed by atoms with van der Waals surface area (Å²) < 4.78 is 5.45. The van der Waals surface area contributed by atoms with E-state index in [-0.39, 0.29) is 24.0 Å². The lowest BCUT2D eigenvalue weighted by Crippen LogP contribution is -2.42. The van der Waals surface area contributed by atoms with Crippen molar-refractivity contribution in [3.8, 4) is 0 Å². The molecule has 1 rings (SSSR count). The lowest BCUT2D eigenvalue weighted by molar-refractivity contribution is -0.137. The highest BCUT2D eigenvalue weighted by Gasteiger charge is 2.32. The maximum absolute atomic E-state index is 12.2. The smallest absolute Gasteiger partial charge is 0.228 e. The summed E-state index contributed by atoms with van der Waals surface area (Å²) in [6.07, 6.45) is 1.92. The van der Waals surface area contributed by atoms with E-state index in [4.69, 9.17) is 16.3 Å². The van der Waals surface area contributed by atoms with E-state index >= 15 is 0 Å². The minimum Gasteiger partial charge on any atom is -0.378 e. The number of rotatable bonds is 5. The molecular formula is C12H22ClNO2. The third-order valence-electron chi connectivity index (χ3n) is 2.99. The lowest BCUT2D eigenvalue weighted by Gasteiger charge is -2.28. The number of halogens is 1. The molecule has 16 heavy (non-hydrogen) atoms.